The molecule has 0 unspecified atom stereocenters. The molecule has 64 heavy (non-hydrogen) atoms. The Balaban J connectivity index is 0. The topological polar surface area (TPSA) is 0 Å². The number of rotatable bonds is 0. The first-order valence-corrected chi connectivity index (χ1v) is 16.4. The number of hydrogen-bond acceptors (Lipinski definition) is 0. The van der Waals surface area contributed by atoms with Gasteiger partial charge in [-0.05, 0) is 0 Å². The van der Waals surface area contributed by atoms with Crippen LogP contribution < -0.4 is 0 Å². The van der Waals surface area contributed by atoms with Crippen LogP contribution >= 0.6 is 0 Å². The van der Waals surface area contributed by atoms with Crippen LogP contribution in [0.4, 0.5) is 79.0 Å². The van der Waals surface area contributed by atoms with Crippen LogP contribution in [0.25, 0.3) is 0 Å². The predicted molar refractivity (Wildman–Crippen MR) is 187 cm³/mol. The van der Waals surface area contributed by atoms with E-state index in [-0.39, 0.29) is 55.6 Å². The van der Waals surface area contributed by atoms with E-state index in [9.17, 15) is 79.0 Å². The van der Waals surface area contributed by atoms with E-state index < -0.39 is 105 Å². The van der Waals surface area contributed by atoms with Crippen LogP contribution in [0.15, 0.2) is 85.0 Å². The molecule has 4 aromatic carbocycles. The fourth-order valence-electron chi connectivity index (χ4n) is 3.26. The zero-order chi connectivity index (χ0) is 46.8. The van der Waals surface area contributed by atoms with Gasteiger partial charge in [-0.25, -0.2) is 92.5 Å². The molecule has 0 aliphatic heterocycles. The van der Waals surface area contributed by atoms with Crippen LogP contribution in [0.3, 0.4) is 0 Å². The van der Waals surface area contributed by atoms with E-state index in [0.717, 1.165) is 37.8 Å². The third-order valence-electron chi connectivity index (χ3n) is 6.11. The van der Waals surface area contributed by atoms with Gasteiger partial charge in [-0.3, -0.25) is 59.4 Å². The van der Waals surface area contributed by atoms with E-state index in [2.05, 4.69) is 48.6 Å². The van der Waals surface area contributed by atoms with Crippen LogP contribution in [0.1, 0.15) is 25.7 Å². The van der Waals surface area contributed by atoms with E-state index in [1.54, 1.807) is 0 Å². The van der Waals surface area contributed by atoms with E-state index >= 15 is 0 Å². The molecule has 0 bridgehead atoms. The summed E-state index contributed by atoms with van der Waals surface area (Å²) in [4.78, 5) is 0. The molecule has 0 spiro atoms. The van der Waals surface area contributed by atoms with E-state index in [4.69, 9.17) is 0 Å². The van der Waals surface area contributed by atoms with Crippen LogP contribution in [-0.2, 0) is 43.4 Å². The third kappa shape index (κ3) is 23.6. The van der Waals surface area contributed by atoms with Crippen molar-refractivity contribution in [1.29, 1.82) is 0 Å². The normalized spacial score (nSPS) is 12.2. The SMILES string of the molecule is Fc1[c-]c(F)c(F)c(F)c1F.Fc1[c-]c(F)c(F)c(F)c1F.Fc1[c-]c(F)c(F)cc1F.Fc1[c-]c(F)c(F)cc1F.[C-]1=CC=CC1.[C-]1=CC=CC1.[C-]1=CC=CC1.[C-]1=CC=CC1.[Ti+4].[Ti+4]. The summed E-state index contributed by atoms with van der Waals surface area (Å²) in [5.74, 6) is -31.9. The molecule has 20 heteroatoms. The largest absolute Gasteiger partial charge is 4.00 e. The van der Waals surface area contributed by atoms with Crippen molar-refractivity contribution < 1.29 is 122 Å². The van der Waals surface area contributed by atoms with Gasteiger partial charge in [0.15, 0.2) is 0 Å². The monoisotopic (exact) mass is 988 g/mol. The molecular weight excluding hydrogens is 966 g/mol. The van der Waals surface area contributed by atoms with Gasteiger partial charge < -0.3 is 0 Å². The smallest absolute Gasteiger partial charge is 0.281 e. The molecule has 332 valence electrons. The van der Waals surface area contributed by atoms with Crippen molar-refractivity contribution in [3.05, 3.63) is 238 Å². The van der Waals surface area contributed by atoms with Crippen molar-refractivity contribution in [3.63, 3.8) is 0 Å². The van der Waals surface area contributed by atoms with E-state index in [1.807, 2.05) is 48.6 Å². The molecule has 0 aromatic heterocycles. The minimum atomic E-state index is -2.17. The summed E-state index contributed by atoms with van der Waals surface area (Å²) in [7, 11) is 0. The molecule has 4 aliphatic rings. The predicted octanol–water partition coefficient (Wildman–Crippen LogP) is 13.7. The fourth-order valence-corrected chi connectivity index (χ4v) is 3.26. The Labute approximate surface area is 384 Å². The first-order chi connectivity index (χ1) is 29.3. The molecule has 0 saturated heterocycles. The number of hydrogen-bond donors (Lipinski definition) is 0. The molecule has 0 nitrogen and oxygen atoms in total. The van der Waals surface area contributed by atoms with E-state index in [1.165, 1.54) is 12.1 Å². The van der Waals surface area contributed by atoms with Gasteiger partial charge in [-0.2, -0.15) is 24.3 Å². The number of halogens is 18. The van der Waals surface area contributed by atoms with Crippen molar-refractivity contribution in [1.82, 2.24) is 0 Å². The second-order valence-corrected chi connectivity index (χ2v) is 10.6. The Hall–Kier alpha value is -5.03. The molecule has 0 atom stereocenters. The van der Waals surface area contributed by atoms with Crippen molar-refractivity contribution >= 4 is 0 Å². The molecule has 4 aliphatic carbocycles. The molecule has 0 N–H and O–H groups in total. The van der Waals surface area contributed by atoms with E-state index in [0.29, 0.717) is 0 Å². The summed E-state index contributed by atoms with van der Waals surface area (Å²) in [6, 6.07) is 4.75. The van der Waals surface area contributed by atoms with Gasteiger partial charge in [0.25, 0.3) is 0 Å². The molecular formula is C44H22F18Ti2. The Bertz CT molecular complexity index is 1920. The van der Waals surface area contributed by atoms with Crippen molar-refractivity contribution in [2.24, 2.45) is 0 Å². The second kappa shape index (κ2) is 33.5. The van der Waals surface area contributed by atoms with Crippen LogP contribution in [0.5, 0.6) is 0 Å². The van der Waals surface area contributed by atoms with Gasteiger partial charge in [0.1, 0.15) is 0 Å². The minimum Gasteiger partial charge on any atom is -0.281 e. The summed E-state index contributed by atoms with van der Waals surface area (Å²) >= 11 is 0. The summed E-state index contributed by atoms with van der Waals surface area (Å²) in [5.41, 5.74) is 0. The van der Waals surface area contributed by atoms with Gasteiger partial charge >= 0.3 is 43.4 Å². The Morgan fingerprint density at radius 3 is 0.578 bits per heavy atom. The quantitative estimate of drug-likeness (QED) is 0.0541. The maximum absolute atomic E-state index is 12.0. The van der Waals surface area contributed by atoms with Gasteiger partial charge in [0.2, 0.25) is 0 Å². The molecule has 0 saturated carbocycles. The second-order valence-electron chi connectivity index (χ2n) is 10.6. The van der Waals surface area contributed by atoms with Gasteiger partial charge in [0, 0.05) is 46.5 Å². The number of allylic oxidation sites excluding steroid dienone is 16. The minimum absolute atomic E-state index is 0. The Morgan fingerprint density at radius 2 is 0.453 bits per heavy atom. The van der Waals surface area contributed by atoms with Crippen molar-refractivity contribution in [2.45, 2.75) is 25.7 Å². The first-order valence-electron chi connectivity index (χ1n) is 16.4. The third-order valence-corrected chi connectivity index (χ3v) is 6.11. The first kappa shape index (κ1) is 61.1. The molecule has 0 fully saturated rings. The zero-order valence-corrected chi connectivity index (χ0v) is 34.8. The maximum Gasteiger partial charge on any atom is 4.00 e. The summed E-state index contributed by atoms with van der Waals surface area (Å²) in [5, 5.41) is 0. The van der Waals surface area contributed by atoms with Crippen LogP contribution in [0.2, 0.25) is 0 Å². The average Bonchev–Trinajstić information content (AvgIpc) is 4.11. The Morgan fingerprint density at radius 1 is 0.266 bits per heavy atom. The standard InChI is InChI=1S/2C6F5.2C6HF4.4C5H5.2Ti/c2*7-2-1-3(8)5(10)6(11)4(2)9;2*7-3-1-4(8)6(10)2-5(3)9;4*1-2-4-5-3-1;;/h;;2*1H;4*1-3H,4H2;;/q8*-1;2*+4. The average molecular weight is 988 g/mol. The summed E-state index contributed by atoms with van der Waals surface area (Å²) in [6.45, 7) is 0. The van der Waals surface area contributed by atoms with Crippen molar-refractivity contribution in [2.75, 3.05) is 0 Å². The van der Waals surface area contributed by atoms with Gasteiger partial charge in [-0.15, -0.1) is 49.9 Å². The number of benzene rings is 4. The molecule has 0 amide bonds. The maximum atomic E-state index is 12.0. The fraction of sp³-hybridized carbons (Fsp3) is 0.0909. The summed E-state index contributed by atoms with van der Waals surface area (Å²) < 4.78 is 215. The molecule has 8 rings (SSSR count). The molecule has 4 aromatic rings. The van der Waals surface area contributed by atoms with Crippen molar-refractivity contribution in [3.8, 4) is 0 Å². The van der Waals surface area contributed by atoms with Gasteiger partial charge in [0.05, 0.1) is 58.2 Å². The zero-order valence-electron chi connectivity index (χ0n) is 31.7. The molecule has 0 radical (unpaired) electrons. The van der Waals surface area contributed by atoms with Crippen LogP contribution in [-0.4, -0.2) is 0 Å². The van der Waals surface area contributed by atoms with Crippen LogP contribution in [0, 0.1) is 153 Å². The Kier molecular flexibility index (Phi) is 31.9. The van der Waals surface area contributed by atoms with Gasteiger partial charge in [-0.1, -0.05) is 12.1 Å². The summed E-state index contributed by atoms with van der Waals surface area (Å²) in [6.07, 6.45) is 40.0. The molecule has 0 heterocycles.